The molecule has 0 bridgehead atoms. The zero-order valence-electron chi connectivity index (χ0n) is 11.3. The van der Waals surface area contributed by atoms with Crippen molar-refractivity contribution in [3.8, 4) is 0 Å². The Balaban J connectivity index is 2.39. The molecular weight excluding hydrogens is 341 g/mol. The van der Waals surface area contributed by atoms with Crippen LogP contribution in [0.4, 0.5) is 4.39 Å². The van der Waals surface area contributed by atoms with Gasteiger partial charge in [-0.2, -0.15) is 4.31 Å². The number of halogens is 2. The van der Waals surface area contributed by atoms with E-state index < -0.39 is 34.7 Å². The van der Waals surface area contributed by atoms with Gasteiger partial charge in [0.05, 0.1) is 4.90 Å². The third-order valence-corrected chi connectivity index (χ3v) is 6.64. The van der Waals surface area contributed by atoms with E-state index in [1.54, 1.807) is 6.92 Å². The molecular formula is C12H15ClFNO4S2. The van der Waals surface area contributed by atoms with E-state index >= 15 is 0 Å². The first-order chi connectivity index (χ1) is 9.66. The van der Waals surface area contributed by atoms with E-state index in [-0.39, 0.29) is 6.54 Å². The third kappa shape index (κ3) is 3.74. The van der Waals surface area contributed by atoms with Gasteiger partial charge in [0.25, 0.3) is 9.05 Å². The predicted octanol–water partition coefficient (Wildman–Crippen LogP) is 2.17. The monoisotopic (exact) mass is 355 g/mol. The Morgan fingerprint density at radius 2 is 1.90 bits per heavy atom. The molecule has 0 unspecified atom stereocenters. The fourth-order valence-electron chi connectivity index (χ4n) is 1.97. The fourth-order valence-corrected chi connectivity index (χ4v) is 4.30. The van der Waals surface area contributed by atoms with Crippen molar-refractivity contribution >= 4 is 29.8 Å². The number of nitrogens with zero attached hydrogens (tertiary/aromatic N) is 1. The van der Waals surface area contributed by atoms with Gasteiger partial charge in [-0.3, -0.25) is 0 Å². The van der Waals surface area contributed by atoms with Crippen LogP contribution in [0.3, 0.4) is 0 Å². The molecule has 21 heavy (non-hydrogen) atoms. The van der Waals surface area contributed by atoms with Crippen molar-refractivity contribution in [3.63, 3.8) is 0 Å². The van der Waals surface area contributed by atoms with E-state index in [1.165, 1.54) is 4.31 Å². The molecule has 5 nitrogen and oxygen atoms in total. The smallest absolute Gasteiger partial charge is 0.207 e. The second kappa shape index (κ2) is 5.83. The van der Waals surface area contributed by atoms with Gasteiger partial charge in [0.1, 0.15) is 10.7 Å². The highest BCUT2D eigenvalue weighted by molar-refractivity contribution is 8.13. The Hall–Kier alpha value is -0.700. The van der Waals surface area contributed by atoms with Crippen LogP contribution in [-0.4, -0.2) is 34.2 Å². The molecule has 0 amide bonds. The standard InChI is InChI=1S/C12H15ClFNO4S2/c1-2-15(8-9-3-4-9)21(18,19)12-6-5-10(7-11(12)14)20(13,16)17/h5-7,9H,2-4,8H2,1H3. The summed E-state index contributed by atoms with van der Waals surface area (Å²) in [4.78, 5) is -1.00. The molecule has 0 aromatic heterocycles. The Kier molecular flexibility index (Phi) is 4.63. The lowest BCUT2D eigenvalue weighted by Gasteiger charge is -2.20. The average molecular weight is 356 g/mol. The van der Waals surface area contributed by atoms with Gasteiger partial charge in [0.15, 0.2) is 0 Å². The summed E-state index contributed by atoms with van der Waals surface area (Å²) in [7, 11) is -2.97. The minimum atomic E-state index is -4.10. The highest BCUT2D eigenvalue weighted by Crippen LogP contribution is 2.32. The molecule has 1 saturated carbocycles. The van der Waals surface area contributed by atoms with Gasteiger partial charge in [-0.15, -0.1) is 0 Å². The minimum absolute atomic E-state index is 0.230. The lowest BCUT2D eigenvalue weighted by molar-refractivity contribution is 0.408. The number of rotatable bonds is 6. The van der Waals surface area contributed by atoms with Crippen molar-refractivity contribution < 1.29 is 21.2 Å². The molecule has 1 aliphatic carbocycles. The molecule has 1 aromatic rings. The van der Waals surface area contributed by atoms with Crippen molar-refractivity contribution in [1.82, 2.24) is 4.31 Å². The van der Waals surface area contributed by atoms with Crippen LogP contribution in [0.2, 0.25) is 0 Å². The van der Waals surface area contributed by atoms with E-state index in [2.05, 4.69) is 0 Å². The van der Waals surface area contributed by atoms with Gasteiger partial charge >= 0.3 is 0 Å². The van der Waals surface area contributed by atoms with Crippen LogP contribution in [-0.2, 0) is 19.1 Å². The van der Waals surface area contributed by atoms with Gasteiger partial charge in [0.2, 0.25) is 10.0 Å². The zero-order valence-corrected chi connectivity index (χ0v) is 13.7. The Labute approximate surface area is 128 Å². The van der Waals surface area contributed by atoms with Crippen LogP contribution in [0, 0.1) is 11.7 Å². The van der Waals surface area contributed by atoms with E-state index in [0.29, 0.717) is 18.5 Å². The molecule has 0 spiro atoms. The molecule has 0 radical (unpaired) electrons. The van der Waals surface area contributed by atoms with Crippen LogP contribution < -0.4 is 0 Å². The highest BCUT2D eigenvalue weighted by Gasteiger charge is 2.32. The SMILES string of the molecule is CCN(CC1CC1)S(=O)(=O)c1ccc(S(=O)(=O)Cl)cc1F. The first-order valence-electron chi connectivity index (χ1n) is 6.40. The summed E-state index contributed by atoms with van der Waals surface area (Å²) >= 11 is 0. The average Bonchev–Trinajstić information content (AvgIpc) is 3.18. The van der Waals surface area contributed by atoms with Gasteiger partial charge in [-0.05, 0) is 37.0 Å². The predicted molar refractivity (Wildman–Crippen MR) is 76.6 cm³/mol. The largest absolute Gasteiger partial charge is 0.261 e. The lowest BCUT2D eigenvalue weighted by Crippen LogP contribution is -2.33. The highest BCUT2D eigenvalue weighted by atomic mass is 35.7. The summed E-state index contributed by atoms with van der Waals surface area (Å²) in [5.41, 5.74) is 0. The van der Waals surface area contributed by atoms with Crippen LogP contribution in [0.15, 0.2) is 28.0 Å². The maximum atomic E-state index is 14.0. The van der Waals surface area contributed by atoms with Crippen molar-refractivity contribution in [2.24, 2.45) is 5.92 Å². The number of hydrogen-bond acceptors (Lipinski definition) is 4. The Morgan fingerprint density at radius 1 is 1.29 bits per heavy atom. The van der Waals surface area contributed by atoms with E-state index in [9.17, 15) is 21.2 Å². The topological polar surface area (TPSA) is 71.5 Å². The van der Waals surface area contributed by atoms with Crippen LogP contribution >= 0.6 is 10.7 Å². The zero-order chi connectivity index (χ0) is 15.8. The van der Waals surface area contributed by atoms with E-state index in [4.69, 9.17) is 10.7 Å². The van der Waals surface area contributed by atoms with Crippen LogP contribution in [0.25, 0.3) is 0 Å². The van der Waals surface area contributed by atoms with Crippen molar-refractivity contribution in [1.29, 1.82) is 0 Å². The number of hydrogen-bond donors (Lipinski definition) is 0. The van der Waals surface area contributed by atoms with Gasteiger partial charge in [0, 0.05) is 23.8 Å². The van der Waals surface area contributed by atoms with Gasteiger partial charge < -0.3 is 0 Å². The molecule has 1 aliphatic rings. The maximum absolute atomic E-state index is 14.0. The summed E-state index contributed by atoms with van der Waals surface area (Å²) < 4.78 is 62.3. The van der Waals surface area contributed by atoms with Crippen LogP contribution in [0.5, 0.6) is 0 Å². The summed E-state index contributed by atoms with van der Waals surface area (Å²) in [5, 5.41) is 0. The third-order valence-electron chi connectivity index (χ3n) is 3.31. The first-order valence-corrected chi connectivity index (χ1v) is 10.2. The molecule has 118 valence electrons. The van der Waals surface area contributed by atoms with Gasteiger partial charge in [-0.25, -0.2) is 21.2 Å². The molecule has 1 aromatic carbocycles. The normalized spacial score (nSPS) is 16.4. The summed E-state index contributed by atoms with van der Waals surface area (Å²) in [6.07, 6.45) is 1.94. The van der Waals surface area contributed by atoms with E-state index in [0.717, 1.165) is 25.0 Å². The van der Waals surface area contributed by atoms with Gasteiger partial charge in [-0.1, -0.05) is 6.92 Å². The summed E-state index contributed by atoms with van der Waals surface area (Å²) in [5.74, 6) is -0.795. The second-order valence-corrected chi connectivity index (χ2v) is 9.40. The first kappa shape index (κ1) is 16.7. The molecule has 1 fully saturated rings. The fraction of sp³-hybridized carbons (Fsp3) is 0.500. The molecule has 9 heteroatoms. The van der Waals surface area contributed by atoms with Crippen molar-refractivity contribution in [3.05, 3.63) is 24.0 Å². The van der Waals surface area contributed by atoms with E-state index in [1.807, 2.05) is 0 Å². The second-order valence-electron chi connectivity index (χ2n) is 4.93. The summed E-state index contributed by atoms with van der Waals surface area (Å²) in [6.45, 7) is 2.26. The van der Waals surface area contributed by atoms with Crippen LogP contribution in [0.1, 0.15) is 19.8 Å². The Bertz CT molecular complexity index is 745. The quantitative estimate of drug-likeness (QED) is 0.733. The maximum Gasteiger partial charge on any atom is 0.261 e. The molecule has 0 N–H and O–H groups in total. The number of benzene rings is 1. The number of sulfonamides is 1. The summed E-state index contributed by atoms with van der Waals surface area (Å²) in [6, 6.07) is 2.55. The molecule has 0 saturated heterocycles. The molecule has 2 rings (SSSR count). The Morgan fingerprint density at radius 3 is 2.33 bits per heavy atom. The lowest BCUT2D eigenvalue weighted by atomic mass is 10.3. The molecule has 0 atom stereocenters. The van der Waals surface area contributed by atoms with Crippen molar-refractivity contribution in [2.45, 2.75) is 29.6 Å². The molecule has 0 heterocycles. The van der Waals surface area contributed by atoms with Crippen molar-refractivity contribution in [2.75, 3.05) is 13.1 Å². The minimum Gasteiger partial charge on any atom is -0.207 e. The molecule has 0 aliphatic heterocycles.